The molecule has 0 fully saturated rings. The molecule has 0 amide bonds. The molecule has 0 aromatic heterocycles. The summed E-state index contributed by atoms with van der Waals surface area (Å²) in [5.41, 5.74) is 0. The van der Waals surface area contributed by atoms with Gasteiger partial charge in [0.1, 0.15) is 5.75 Å². The minimum absolute atomic E-state index is 0.0179. The third-order valence-corrected chi connectivity index (χ3v) is 2.03. The Bertz CT molecular complexity index is 369. The van der Waals surface area contributed by atoms with E-state index in [1.807, 2.05) is 12.1 Å². The molecular weight excluding hydrogens is 240 g/mol. The Hall–Kier alpha value is -1.48. The molecule has 94 valence electrons. The first-order chi connectivity index (χ1) is 7.99. The van der Waals surface area contributed by atoms with Crippen LogP contribution in [0.3, 0.4) is 0 Å². The van der Waals surface area contributed by atoms with Crippen molar-refractivity contribution in [1.82, 2.24) is 0 Å². The molecule has 0 bridgehead atoms. The fourth-order valence-corrected chi connectivity index (χ4v) is 1.04. The number of halogens is 1. The molecule has 0 spiro atoms. The molecular formula is C13H17ClO3. The number of ketones is 1. The third kappa shape index (κ3) is 8.34. The second-order valence-electron chi connectivity index (χ2n) is 3.23. The average Bonchev–Trinajstić information content (AvgIpc) is 2.30. The maximum atomic E-state index is 10.3. The molecule has 17 heavy (non-hydrogen) atoms. The highest BCUT2D eigenvalue weighted by Gasteiger charge is 1.87. The van der Waals surface area contributed by atoms with E-state index < -0.39 is 0 Å². The average molecular weight is 257 g/mol. The summed E-state index contributed by atoms with van der Waals surface area (Å²) in [7, 11) is 3.16. The van der Waals surface area contributed by atoms with Gasteiger partial charge < -0.3 is 9.47 Å². The Morgan fingerprint density at radius 3 is 2.00 bits per heavy atom. The molecule has 0 saturated carbocycles. The van der Waals surface area contributed by atoms with Crippen molar-refractivity contribution in [3.05, 3.63) is 41.1 Å². The number of allylic oxidation sites excluding steroid dienone is 2. The van der Waals surface area contributed by atoms with E-state index in [9.17, 15) is 4.79 Å². The van der Waals surface area contributed by atoms with Crippen LogP contribution >= 0.6 is 11.6 Å². The quantitative estimate of drug-likeness (QED) is 0.614. The van der Waals surface area contributed by atoms with Gasteiger partial charge in [0, 0.05) is 11.1 Å². The molecule has 0 atom stereocenters. The zero-order chi connectivity index (χ0) is 13.3. The molecule has 0 aliphatic rings. The van der Waals surface area contributed by atoms with Gasteiger partial charge in [-0.25, -0.2) is 0 Å². The van der Waals surface area contributed by atoms with Gasteiger partial charge in [-0.1, -0.05) is 11.6 Å². The van der Waals surface area contributed by atoms with Crippen molar-refractivity contribution in [3.63, 3.8) is 0 Å². The van der Waals surface area contributed by atoms with E-state index in [2.05, 4.69) is 0 Å². The number of hydrogen-bond acceptors (Lipinski definition) is 3. The van der Waals surface area contributed by atoms with Crippen molar-refractivity contribution in [1.29, 1.82) is 0 Å². The molecule has 0 unspecified atom stereocenters. The molecule has 0 aliphatic heterocycles. The van der Waals surface area contributed by atoms with E-state index in [0.29, 0.717) is 5.76 Å². The fourth-order valence-electron chi connectivity index (χ4n) is 0.916. The van der Waals surface area contributed by atoms with Gasteiger partial charge in [-0.05, 0) is 38.1 Å². The van der Waals surface area contributed by atoms with Gasteiger partial charge in [-0.3, -0.25) is 4.79 Å². The maximum absolute atomic E-state index is 10.3. The van der Waals surface area contributed by atoms with Crippen molar-refractivity contribution < 1.29 is 14.3 Å². The van der Waals surface area contributed by atoms with Crippen LogP contribution in [0, 0.1) is 0 Å². The van der Waals surface area contributed by atoms with Crippen LogP contribution in [0.15, 0.2) is 36.1 Å². The van der Waals surface area contributed by atoms with Crippen LogP contribution in [-0.4, -0.2) is 20.0 Å². The van der Waals surface area contributed by atoms with Crippen molar-refractivity contribution >= 4 is 17.4 Å². The largest absolute Gasteiger partial charge is 0.501 e. The lowest BCUT2D eigenvalue weighted by molar-refractivity contribution is -0.112. The van der Waals surface area contributed by atoms with E-state index in [0.717, 1.165) is 10.8 Å². The first-order valence-corrected chi connectivity index (χ1v) is 5.39. The predicted octanol–water partition coefficient (Wildman–Crippen LogP) is 3.47. The Morgan fingerprint density at radius 1 is 1.18 bits per heavy atom. The SMILES string of the molecule is CO/C(C)=C/C(C)=O.COc1ccc(Cl)cc1. The number of carbonyl (C=O) groups excluding carboxylic acids is 1. The van der Waals surface area contributed by atoms with Gasteiger partial charge in [0.15, 0.2) is 5.78 Å². The molecule has 3 nitrogen and oxygen atoms in total. The Morgan fingerprint density at radius 2 is 1.71 bits per heavy atom. The summed E-state index contributed by atoms with van der Waals surface area (Å²) in [4.78, 5) is 10.3. The van der Waals surface area contributed by atoms with Crippen LogP contribution in [0.4, 0.5) is 0 Å². The first kappa shape index (κ1) is 15.5. The van der Waals surface area contributed by atoms with Crippen molar-refractivity contribution in [2.45, 2.75) is 13.8 Å². The van der Waals surface area contributed by atoms with E-state index in [4.69, 9.17) is 21.1 Å². The number of methoxy groups -OCH3 is 2. The summed E-state index contributed by atoms with van der Waals surface area (Å²) in [5, 5.41) is 0.732. The molecule has 0 saturated heterocycles. The standard InChI is InChI=1S/C7H7ClO.C6H10O2/c1-9-7-4-2-6(8)3-5-7;1-5(7)4-6(2)8-3/h2-5H,1H3;4H,1-3H3/b;6-4+. The Kier molecular flexibility index (Phi) is 7.89. The third-order valence-electron chi connectivity index (χ3n) is 1.78. The van der Waals surface area contributed by atoms with Crippen LogP contribution in [0.2, 0.25) is 5.02 Å². The van der Waals surface area contributed by atoms with Gasteiger partial charge in [-0.2, -0.15) is 0 Å². The Balaban J connectivity index is 0.000000304. The topological polar surface area (TPSA) is 35.5 Å². The molecule has 1 aromatic rings. The summed E-state index contributed by atoms with van der Waals surface area (Å²) in [6.07, 6.45) is 1.44. The summed E-state index contributed by atoms with van der Waals surface area (Å²) in [5.74, 6) is 1.50. The molecule has 1 aromatic carbocycles. The number of rotatable bonds is 3. The molecule has 0 heterocycles. The van der Waals surface area contributed by atoms with Crippen molar-refractivity contribution in [2.75, 3.05) is 14.2 Å². The predicted molar refractivity (Wildman–Crippen MR) is 69.5 cm³/mol. The first-order valence-electron chi connectivity index (χ1n) is 5.02. The molecule has 0 radical (unpaired) electrons. The second-order valence-corrected chi connectivity index (χ2v) is 3.66. The zero-order valence-corrected chi connectivity index (χ0v) is 11.2. The highest BCUT2D eigenvalue weighted by Crippen LogP contribution is 2.14. The highest BCUT2D eigenvalue weighted by atomic mass is 35.5. The van der Waals surface area contributed by atoms with Gasteiger partial charge in [0.25, 0.3) is 0 Å². The fraction of sp³-hybridized carbons (Fsp3) is 0.308. The van der Waals surface area contributed by atoms with Crippen LogP contribution < -0.4 is 4.74 Å². The van der Waals surface area contributed by atoms with Crippen LogP contribution in [0.1, 0.15) is 13.8 Å². The summed E-state index contributed by atoms with van der Waals surface area (Å²) in [6, 6.07) is 7.23. The highest BCUT2D eigenvalue weighted by molar-refractivity contribution is 6.30. The van der Waals surface area contributed by atoms with Crippen LogP contribution in [-0.2, 0) is 9.53 Å². The lowest BCUT2D eigenvalue weighted by atomic mass is 10.3. The molecule has 1 rings (SSSR count). The summed E-state index contributed by atoms with van der Waals surface area (Å²) < 4.78 is 9.61. The van der Waals surface area contributed by atoms with Crippen LogP contribution in [0.5, 0.6) is 5.75 Å². The zero-order valence-electron chi connectivity index (χ0n) is 10.5. The van der Waals surface area contributed by atoms with E-state index in [1.54, 1.807) is 26.2 Å². The Labute approximate surface area is 107 Å². The van der Waals surface area contributed by atoms with Crippen LogP contribution in [0.25, 0.3) is 0 Å². The summed E-state index contributed by atoms with van der Waals surface area (Å²) in [6.45, 7) is 3.23. The number of ether oxygens (including phenoxy) is 2. The number of carbonyl (C=O) groups is 1. The smallest absolute Gasteiger partial charge is 0.155 e. The monoisotopic (exact) mass is 256 g/mol. The molecule has 0 aliphatic carbocycles. The minimum atomic E-state index is 0.0179. The minimum Gasteiger partial charge on any atom is -0.501 e. The van der Waals surface area contributed by atoms with Crippen molar-refractivity contribution in [3.8, 4) is 5.75 Å². The molecule has 4 heteroatoms. The maximum Gasteiger partial charge on any atom is 0.155 e. The van der Waals surface area contributed by atoms with Gasteiger partial charge in [0.05, 0.1) is 20.0 Å². The van der Waals surface area contributed by atoms with Crippen molar-refractivity contribution in [2.24, 2.45) is 0 Å². The van der Waals surface area contributed by atoms with Gasteiger partial charge in [0.2, 0.25) is 0 Å². The lowest BCUT2D eigenvalue weighted by Crippen LogP contribution is -1.86. The molecule has 0 N–H and O–H groups in total. The van der Waals surface area contributed by atoms with Gasteiger partial charge in [-0.15, -0.1) is 0 Å². The van der Waals surface area contributed by atoms with E-state index >= 15 is 0 Å². The van der Waals surface area contributed by atoms with E-state index in [1.165, 1.54) is 20.1 Å². The van der Waals surface area contributed by atoms with Gasteiger partial charge >= 0.3 is 0 Å². The second kappa shape index (κ2) is 8.65. The van der Waals surface area contributed by atoms with E-state index in [-0.39, 0.29) is 5.78 Å². The number of benzene rings is 1. The normalized spacial score (nSPS) is 10.1. The summed E-state index contributed by atoms with van der Waals surface area (Å²) >= 11 is 5.61. The number of hydrogen-bond donors (Lipinski definition) is 0. The lowest BCUT2D eigenvalue weighted by Gasteiger charge is -1.96.